The lowest BCUT2D eigenvalue weighted by molar-refractivity contribution is -0.117. The fourth-order valence-corrected chi connectivity index (χ4v) is 3.53. The molecule has 2 N–H and O–H groups in total. The van der Waals surface area contributed by atoms with E-state index in [4.69, 9.17) is 11.6 Å². The molecular weight excluding hydrogens is 363 g/mol. The summed E-state index contributed by atoms with van der Waals surface area (Å²) in [6.45, 7) is 0. The van der Waals surface area contributed by atoms with E-state index in [0.29, 0.717) is 15.5 Å². The molecule has 0 saturated heterocycles. The predicted molar refractivity (Wildman–Crippen MR) is 97.9 cm³/mol. The first-order chi connectivity index (χ1) is 12.0. The molecule has 2 amide bonds. The van der Waals surface area contributed by atoms with Crippen molar-refractivity contribution in [2.45, 2.75) is 0 Å². The van der Waals surface area contributed by atoms with E-state index in [-0.39, 0.29) is 5.82 Å². The molecule has 0 radical (unpaired) electrons. The van der Waals surface area contributed by atoms with Crippen molar-refractivity contribution in [2.75, 3.05) is 0 Å². The average Bonchev–Trinajstić information content (AvgIpc) is 2.96. The first-order valence-corrected chi connectivity index (χ1v) is 8.45. The number of nitrogens with one attached hydrogen (secondary N) is 2. The van der Waals surface area contributed by atoms with E-state index in [9.17, 15) is 14.0 Å². The van der Waals surface area contributed by atoms with Crippen LogP contribution in [0.4, 0.5) is 4.39 Å². The number of fused-ring (bicyclic) bond motifs is 1. The molecule has 0 bridgehead atoms. The van der Waals surface area contributed by atoms with Gasteiger partial charge in [-0.25, -0.2) is 4.39 Å². The average molecular weight is 375 g/mol. The summed E-state index contributed by atoms with van der Waals surface area (Å²) in [7, 11) is 0. The van der Waals surface area contributed by atoms with E-state index in [1.54, 1.807) is 0 Å². The lowest BCUT2D eigenvalue weighted by atomic mass is 10.2. The van der Waals surface area contributed by atoms with Crippen molar-refractivity contribution in [3.05, 3.63) is 75.9 Å². The van der Waals surface area contributed by atoms with E-state index >= 15 is 0 Å². The molecule has 1 heterocycles. The Bertz CT molecular complexity index is 967. The number of thiophene rings is 1. The highest BCUT2D eigenvalue weighted by molar-refractivity contribution is 7.21. The number of carbonyl (C=O) groups is 2. The largest absolute Gasteiger partial charge is 0.281 e. The number of hydrogen-bond acceptors (Lipinski definition) is 3. The molecule has 126 valence electrons. The topological polar surface area (TPSA) is 58.2 Å². The minimum atomic E-state index is -0.519. The lowest BCUT2D eigenvalue weighted by Crippen LogP contribution is -2.40. The molecule has 1 aromatic heterocycles. The van der Waals surface area contributed by atoms with Crippen LogP contribution in [-0.2, 0) is 4.79 Å². The van der Waals surface area contributed by atoms with Crippen LogP contribution in [0.1, 0.15) is 15.2 Å². The number of benzene rings is 2. The molecule has 0 spiro atoms. The maximum absolute atomic E-state index is 12.8. The van der Waals surface area contributed by atoms with Crippen LogP contribution in [0, 0.1) is 5.82 Å². The van der Waals surface area contributed by atoms with Gasteiger partial charge in [0.15, 0.2) is 0 Å². The number of rotatable bonds is 3. The zero-order chi connectivity index (χ0) is 17.8. The number of hydrogen-bond donors (Lipinski definition) is 2. The second kappa shape index (κ2) is 7.46. The van der Waals surface area contributed by atoms with Gasteiger partial charge in [0, 0.05) is 16.2 Å². The van der Waals surface area contributed by atoms with Crippen molar-refractivity contribution >= 4 is 50.9 Å². The Labute approximate surface area is 151 Å². The second-order valence-corrected chi connectivity index (χ2v) is 6.50. The van der Waals surface area contributed by atoms with E-state index in [1.807, 2.05) is 24.3 Å². The van der Waals surface area contributed by atoms with Gasteiger partial charge in [0.1, 0.15) is 10.7 Å². The van der Waals surface area contributed by atoms with E-state index in [2.05, 4.69) is 10.9 Å². The van der Waals surface area contributed by atoms with Crippen LogP contribution in [0.3, 0.4) is 0 Å². The fraction of sp³-hybridized carbons (Fsp3) is 0. The molecule has 0 fully saturated rings. The summed E-state index contributed by atoms with van der Waals surface area (Å²) in [5.41, 5.74) is 5.27. The van der Waals surface area contributed by atoms with Gasteiger partial charge in [-0.2, -0.15) is 0 Å². The zero-order valence-corrected chi connectivity index (χ0v) is 14.3. The third kappa shape index (κ3) is 4.04. The van der Waals surface area contributed by atoms with Gasteiger partial charge in [-0.05, 0) is 29.8 Å². The number of carbonyl (C=O) groups excluding carboxylic acids is 2. The summed E-state index contributed by atoms with van der Waals surface area (Å²) in [5.74, 6) is -1.36. The number of halogens is 2. The molecule has 0 atom stereocenters. The summed E-state index contributed by atoms with van der Waals surface area (Å²) in [6.07, 6.45) is 2.74. The summed E-state index contributed by atoms with van der Waals surface area (Å²) in [5, 5.41) is 1.15. The Morgan fingerprint density at radius 3 is 2.48 bits per heavy atom. The molecule has 25 heavy (non-hydrogen) atoms. The van der Waals surface area contributed by atoms with Gasteiger partial charge in [0.05, 0.1) is 5.02 Å². The molecule has 7 heteroatoms. The Hall–Kier alpha value is -2.70. The maximum atomic E-state index is 12.8. The maximum Gasteiger partial charge on any atom is 0.281 e. The second-order valence-electron chi connectivity index (χ2n) is 5.07. The number of hydrazine groups is 1. The molecule has 2 aromatic carbocycles. The minimum absolute atomic E-state index is 0.325. The van der Waals surface area contributed by atoms with Crippen molar-refractivity contribution in [1.29, 1.82) is 0 Å². The summed E-state index contributed by atoms with van der Waals surface area (Å²) < 4.78 is 13.7. The summed E-state index contributed by atoms with van der Waals surface area (Å²) >= 11 is 7.46. The van der Waals surface area contributed by atoms with Crippen LogP contribution in [0.15, 0.2) is 54.6 Å². The van der Waals surface area contributed by atoms with Crippen LogP contribution in [-0.4, -0.2) is 11.8 Å². The highest BCUT2D eigenvalue weighted by Crippen LogP contribution is 2.34. The summed E-state index contributed by atoms with van der Waals surface area (Å²) in [6, 6.07) is 13.1. The van der Waals surface area contributed by atoms with E-state index < -0.39 is 11.8 Å². The molecule has 0 aliphatic heterocycles. The van der Waals surface area contributed by atoms with Gasteiger partial charge < -0.3 is 0 Å². The van der Waals surface area contributed by atoms with Gasteiger partial charge in [-0.1, -0.05) is 41.9 Å². The Morgan fingerprint density at radius 2 is 1.76 bits per heavy atom. The van der Waals surface area contributed by atoms with Gasteiger partial charge in [-0.3, -0.25) is 20.4 Å². The van der Waals surface area contributed by atoms with Gasteiger partial charge in [-0.15, -0.1) is 11.3 Å². The lowest BCUT2D eigenvalue weighted by Gasteiger charge is -2.03. The monoisotopic (exact) mass is 374 g/mol. The quantitative estimate of drug-likeness (QED) is 0.534. The molecule has 4 nitrogen and oxygen atoms in total. The number of amides is 2. The molecule has 0 aliphatic carbocycles. The van der Waals surface area contributed by atoms with Crippen LogP contribution in [0.5, 0.6) is 0 Å². The smallest absolute Gasteiger partial charge is 0.268 e. The molecular formula is C18H12ClFN2O2S. The van der Waals surface area contributed by atoms with Crippen LogP contribution in [0.25, 0.3) is 16.2 Å². The Kier molecular flexibility index (Phi) is 5.11. The SMILES string of the molecule is O=C(C=Cc1ccc(F)cc1)NNC(=O)c1sc2ccccc2c1Cl. The Morgan fingerprint density at radius 1 is 1.04 bits per heavy atom. The van der Waals surface area contributed by atoms with Crippen molar-refractivity contribution < 1.29 is 14.0 Å². The molecule has 3 aromatic rings. The fourth-order valence-electron chi connectivity index (χ4n) is 2.12. The normalized spacial score (nSPS) is 11.0. The van der Waals surface area contributed by atoms with Crippen LogP contribution >= 0.6 is 22.9 Å². The van der Waals surface area contributed by atoms with Crippen molar-refractivity contribution in [3.8, 4) is 0 Å². The van der Waals surface area contributed by atoms with Crippen LogP contribution < -0.4 is 10.9 Å². The van der Waals surface area contributed by atoms with E-state index in [1.165, 1.54) is 47.8 Å². The Balaban J connectivity index is 1.62. The summed E-state index contributed by atoms with van der Waals surface area (Å²) in [4.78, 5) is 24.3. The van der Waals surface area contributed by atoms with Crippen molar-refractivity contribution in [2.24, 2.45) is 0 Å². The molecule has 0 saturated carbocycles. The van der Waals surface area contributed by atoms with E-state index in [0.717, 1.165) is 10.1 Å². The van der Waals surface area contributed by atoms with Crippen molar-refractivity contribution in [3.63, 3.8) is 0 Å². The third-order valence-corrected chi connectivity index (χ3v) is 5.01. The third-order valence-electron chi connectivity index (χ3n) is 3.34. The van der Waals surface area contributed by atoms with Gasteiger partial charge >= 0.3 is 0 Å². The van der Waals surface area contributed by atoms with Gasteiger partial charge in [0.2, 0.25) is 0 Å². The predicted octanol–water partition coefficient (Wildman–Crippen LogP) is 4.17. The molecule has 3 rings (SSSR count). The highest BCUT2D eigenvalue weighted by atomic mass is 35.5. The minimum Gasteiger partial charge on any atom is -0.268 e. The first kappa shape index (κ1) is 17.1. The molecule has 0 unspecified atom stereocenters. The van der Waals surface area contributed by atoms with Crippen molar-refractivity contribution in [1.82, 2.24) is 10.9 Å². The van der Waals surface area contributed by atoms with Gasteiger partial charge in [0.25, 0.3) is 11.8 Å². The first-order valence-electron chi connectivity index (χ1n) is 7.25. The molecule has 0 aliphatic rings. The van der Waals surface area contributed by atoms with Crippen LogP contribution in [0.2, 0.25) is 5.02 Å². The standard InChI is InChI=1S/C18H12ClFN2O2S/c19-16-13-3-1-2-4-14(13)25-17(16)18(24)22-21-15(23)10-7-11-5-8-12(20)9-6-11/h1-10H,(H,21,23)(H,22,24). The highest BCUT2D eigenvalue weighted by Gasteiger charge is 2.16. The zero-order valence-electron chi connectivity index (χ0n) is 12.8.